The van der Waals surface area contributed by atoms with Crippen LogP contribution in [0.3, 0.4) is 0 Å². The number of nitro groups is 1. The molecule has 0 saturated heterocycles. The molecule has 1 heterocycles. The monoisotopic (exact) mass is 324 g/mol. The quantitative estimate of drug-likeness (QED) is 0.577. The molecule has 0 aliphatic carbocycles. The summed E-state index contributed by atoms with van der Waals surface area (Å²) in [6.45, 7) is 3.76. The minimum atomic E-state index is -0.485. The molecule has 1 N–H and O–H groups in total. The number of nitro benzene ring substituents is 1. The van der Waals surface area contributed by atoms with Crippen molar-refractivity contribution in [2.24, 2.45) is 0 Å². The van der Waals surface area contributed by atoms with E-state index in [0.29, 0.717) is 5.69 Å². The van der Waals surface area contributed by atoms with Gasteiger partial charge in [0.05, 0.1) is 23.3 Å². The van der Waals surface area contributed by atoms with Gasteiger partial charge in [0.25, 0.3) is 5.69 Å². The van der Waals surface area contributed by atoms with Gasteiger partial charge in [-0.15, -0.1) is 0 Å². The molecular weight excluding hydrogens is 308 g/mol. The third kappa shape index (κ3) is 3.12. The smallest absolute Gasteiger partial charge is 0.271 e. The second-order valence-electron chi connectivity index (χ2n) is 5.74. The normalized spacial score (nSPS) is 10.8. The van der Waals surface area contributed by atoms with Gasteiger partial charge in [0.2, 0.25) is 5.91 Å². The molecule has 0 spiro atoms. The second-order valence-corrected chi connectivity index (χ2v) is 5.74. The van der Waals surface area contributed by atoms with Crippen molar-refractivity contribution in [2.45, 2.75) is 20.3 Å². The molecule has 1 aromatic heterocycles. The summed E-state index contributed by atoms with van der Waals surface area (Å²) in [5.74, 6) is -0.248. The van der Waals surface area contributed by atoms with Crippen molar-refractivity contribution < 1.29 is 14.1 Å². The fourth-order valence-corrected chi connectivity index (χ4v) is 2.55. The van der Waals surface area contributed by atoms with Crippen LogP contribution in [0, 0.1) is 24.0 Å². The van der Waals surface area contributed by atoms with Crippen LogP contribution in [0.4, 0.5) is 11.4 Å². The van der Waals surface area contributed by atoms with E-state index in [2.05, 4.69) is 5.32 Å². The van der Waals surface area contributed by atoms with E-state index in [4.69, 9.17) is 4.42 Å². The molecular formula is C18H16N2O4. The molecule has 0 bridgehead atoms. The van der Waals surface area contributed by atoms with Crippen molar-refractivity contribution >= 4 is 28.3 Å². The Bertz CT molecular complexity index is 943. The number of amides is 1. The Morgan fingerprint density at radius 2 is 2.00 bits per heavy atom. The van der Waals surface area contributed by atoms with Gasteiger partial charge < -0.3 is 9.73 Å². The molecule has 0 unspecified atom stereocenters. The molecule has 6 nitrogen and oxygen atoms in total. The number of nitrogens with zero attached hydrogens (tertiary/aromatic N) is 1. The summed E-state index contributed by atoms with van der Waals surface area (Å²) in [6, 6.07) is 10.2. The van der Waals surface area contributed by atoms with Gasteiger partial charge in [-0.3, -0.25) is 14.9 Å². The number of non-ortho nitro benzene ring substituents is 1. The molecule has 0 radical (unpaired) electrons. The van der Waals surface area contributed by atoms with Crippen LogP contribution in [0.15, 0.2) is 47.1 Å². The Morgan fingerprint density at radius 3 is 2.75 bits per heavy atom. The topological polar surface area (TPSA) is 85.4 Å². The number of carbonyl (C=O) groups is 1. The number of hydrogen-bond acceptors (Lipinski definition) is 4. The molecule has 2 aromatic carbocycles. The average Bonchev–Trinajstić information content (AvgIpc) is 2.91. The molecule has 0 saturated carbocycles. The Labute approximate surface area is 138 Å². The van der Waals surface area contributed by atoms with E-state index in [1.54, 1.807) is 19.3 Å². The molecule has 0 fully saturated rings. The first-order chi connectivity index (χ1) is 11.4. The molecule has 0 aliphatic heterocycles. The number of anilines is 1. The first-order valence-corrected chi connectivity index (χ1v) is 7.45. The summed E-state index contributed by atoms with van der Waals surface area (Å²) in [4.78, 5) is 22.7. The minimum Gasteiger partial charge on any atom is -0.464 e. The fraction of sp³-hybridized carbons (Fsp3) is 0.167. The summed E-state index contributed by atoms with van der Waals surface area (Å²) in [5.41, 5.74) is 3.76. The predicted octanol–water partition coefficient (Wildman–Crippen LogP) is 4.14. The highest BCUT2D eigenvalue weighted by Gasteiger charge is 2.14. The number of aryl methyl sites for hydroxylation is 2. The minimum absolute atomic E-state index is 0.0554. The lowest BCUT2D eigenvalue weighted by atomic mass is 10.1. The van der Waals surface area contributed by atoms with E-state index in [9.17, 15) is 14.9 Å². The molecule has 1 amide bonds. The number of benzene rings is 2. The Balaban J connectivity index is 1.80. The van der Waals surface area contributed by atoms with Crippen LogP contribution in [0.2, 0.25) is 0 Å². The SMILES string of the molecule is Cc1ccc2c(CC(=O)Nc3cc([N+](=O)[O-])ccc3C)coc2c1. The maximum Gasteiger partial charge on any atom is 0.271 e. The van der Waals surface area contributed by atoms with Gasteiger partial charge in [0.1, 0.15) is 5.58 Å². The van der Waals surface area contributed by atoms with Crippen molar-refractivity contribution in [3.8, 4) is 0 Å². The van der Waals surface area contributed by atoms with Gasteiger partial charge in [0.15, 0.2) is 0 Å². The highest BCUT2D eigenvalue weighted by molar-refractivity contribution is 5.96. The summed E-state index contributed by atoms with van der Waals surface area (Å²) < 4.78 is 5.49. The van der Waals surface area contributed by atoms with Gasteiger partial charge in [-0.05, 0) is 31.0 Å². The Hall–Kier alpha value is -3.15. The van der Waals surface area contributed by atoms with E-state index in [1.807, 2.05) is 25.1 Å². The highest BCUT2D eigenvalue weighted by atomic mass is 16.6. The van der Waals surface area contributed by atoms with Crippen molar-refractivity contribution in [2.75, 3.05) is 5.32 Å². The molecule has 3 rings (SSSR count). The number of carbonyl (C=O) groups excluding carboxylic acids is 1. The lowest BCUT2D eigenvalue weighted by Gasteiger charge is -2.07. The van der Waals surface area contributed by atoms with Crippen LogP contribution in [0.1, 0.15) is 16.7 Å². The number of furan rings is 1. The van der Waals surface area contributed by atoms with Crippen LogP contribution < -0.4 is 5.32 Å². The average molecular weight is 324 g/mol. The van der Waals surface area contributed by atoms with E-state index < -0.39 is 4.92 Å². The van der Waals surface area contributed by atoms with Gasteiger partial charge in [0, 0.05) is 23.1 Å². The van der Waals surface area contributed by atoms with E-state index in [1.165, 1.54) is 12.1 Å². The van der Waals surface area contributed by atoms with Crippen LogP contribution in [-0.4, -0.2) is 10.8 Å². The molecule has 24 heavy (non-hydrogen) atoms. The lowest BCUT2D eigenvalue weighted by molar-refractivity contribution is -0.384. The third-order valence-electron chi connectivity index (χ3n) is 3.87. The zero-order valence-electron chi connectivity index (χ0n) is 13.3. The third-order valence-corrected chi connectivity index (χ3v) is 3.87. The zero-order valence-corrected chi connectivity index (χ0v) is 13.3. The van der Waals surface area contributed by atoms with Gasteiger partial charge in [-0.2, -0.15) is 0 Å². The molecule has 0 aliphatic rings. The molecule has 3 aromatic rings. The van der Waals surface area contributed by atoms with E-state index in [0.717, 1.165) is 27.7 Å². The number of fused-ring (bicyclic) bond motifs is 1. The first kappa shape index (κ1) is 15.7. The molecule has 6 heteroatoms. The fourth-order valence-electron chi connectivity index (χ4n) is 2.55. The van der Waals surface area contributed by atoms with Crippen molar-refractivity contribution in [1.82, 2.24) is 0 Å². The van der Waals surface area contributed by atoms with Crippen molar-refractivity contribution in [3.05, 3.63) is 69.5 Å². The Kier molecular flexibility index (Phi) is 4.04. The largest absolute Gasteiger partial charge is 0.464 e. The standard InChI is InChI=1S/C18H16N2O4/c1-11-3-6-15-13(10-24-17(15)7-11)8-18(21)19-16-9-14(20(22)23)5-4-12(16)2/h3-7,9-10H,8H2,1-2H3,(H,19,21). The summed E-state index contributed by atoms with van der Waals surface area (Å²) >= 11 is 0. The van der Waals surface area contributed by atoms with Crippen molar-refractivity contribution in [3.63, 3.8) is 0 Å². The van der Waals surface area contributed by atoms with Gasteiger partial charge in [-0.25, -0.2) is 0 Å². The molecule has 0 atom stereocenters. The molecule has 122 valence electrons. The first-order valence-electron chi connectivity index (χ1n) is 7.45. The summed E-state index contributed by atoms with van der Waals surface area (Å²) in [5, 5.41) is 14.5. The maximum absolute atomic E-state index is 12.3. The zero-order chi connectivity index (χ0) is 17.3. The summed E-state index contributed by atoms with van der Waals surface area (Å²) in [7, 11) is 0. The van der Waals surface area contributed by atoms with Gasteiger partial charge >= 0.3 is 0 Å². The van der Waals surface area contributed by atoms with Crippen LogP contribution >= 0.6 is 0 Å². The number of rotatable bonds is 4. The highest BCUT2D eigenvalue weighted by Crippen LogP contribution is 2.25. The van der Waals surface area contributed by atoms with Crippen molar-refractivity contribution in [1.29, 1.82) is 0 Å². The van der Waals surface area contributed by atoms with E-state index in [-0.39, 0.29) is 18.0 Å². The maximum atomic E-state index is 12.3. The van der Waals surface area contributed by atoms with Gasteiger partial charge in [-0.1, -0.05) is 18.2 Å². The number of nitrogens with one attached hydrogen (secondary N) is 1. The Morgan fingerprint density at radius 1 is 1.21 bits per heavy atom. The van der Waals surface area contributed by atoms with Crippen LogP contribution in [0.5, 0.6) is 0 Å². The predicted molar refractivity (Wildman–Crippen MR) is 91.1 cm³/mol. The number of hydrogen-bond donors (Lipinski definition) is 1. The van der Waals surface area contributed by atoms with Crippen LogP contribution in [-0.2, 0) is 11.2 Å². The second kappa shape index (κ2) is 6.16. The van der Waals surface area contributed by atoms with Crippen LogP contribution in [0.25, 0.3) is 11.0 Å². The summed E-state index contributed by atoms with van der Waals surface area (Å²) in [6.07, 6.45) is 1.71. The lowest BCUT2D eigenvalue weighted by Crippen LogP contribution is -2.15. The van der Waals surface area contributed by atoms with E-state index >= 15 is 0 Å².